The van der Waals surface area contributed by atoms with Gasteiger partial charge in [-0.3, -0.25) is 4.79 Å². The lowest BCUT2D eigenvalue weighted by Crippen LogP contribution is -2.06. The molecule has 1 amide bonds. The minimum absolute atomic E-state index is 0.102. The highest BCUT2D eigenvalue weighted by Crippen LogP contribution is 2.21. The molecule has 2 aromatic rings. The first-order chi connectivity index (χ1) is 9.56. The van der Waals surface area contributed by atoms with Crippen LogP contribution < -0.4 is 10.1 Å². The van der Waals surface area contributed by atoms with Crippen molar-refractivity contribution >= 4 is 28.3 Å². The highest BCUT2D eigenvalue weighted by atomic mass is 32.1. The van der Waals surface area contributed by atoms with Gasteiger partial charge in [0.2, 0.25) is 5.91 Å². The van der Waals surface area contributed by atoms with Gasteiger partial charge in [-0.05, 0) is 12.1 Å². The predicted molar refractivity (Wildman–Crippen MR) is 74.2 cm³/mol. The molecule has 1 aromatic carbocycles. The lowest BCUT2D eigenvalue weighted by atomic mass is 10.2. The maximum Gasteiger partial charge on any atom is 0.339 e. The molecule has 2 N–H and O–H groups in total. The number of hydrogen-bond donors (Lipinski definition) is 2. The summed E-state index contributed by atoms with van der Waals surface area (Å²) in [6.45, 7) is 1.54. The van der Waals surface area contributed by atoms with Gasteiger partial charge in [0.15, 0.2) is 5.13 Å². The number of carbonyl (C=O) groups is 2. The topological polar surface area (TPSA) is 88.5 Å². The monoisotopic (exact) mass is 292 g/mol. The number of benzene rings is 1. The van der Waals surface area contributed by atoms with Crippen LogP contribution in [-0.2, 0) is 11.4 Å². The van der Waals surface area contributed by atoms with Crippen LogP contribution in [0.3, 0.4) is 0 Å². The fraction of sp³-hybridized carbons (Fsp3) is 0.154. The molecule has 2 rings (SSSR count). The minimum Gasteiger partial charge on any atom is -0.486 e. The Morgan fingerprint density at radius 1 is 1.40 bits per heavy atom. The lowest BCUT2D eigenvalue weighted by molar-refractivity contribution is -0.114. The number of carboxylic acids is 1. The summed E-state index contributed by atoms with van der Waals surface area (Å²) in [6, 6.07) is 6.39. The molecular weight excluding hydrogens is 280 g/mol. The van der Waals surface area contributed by atoms with E-state index in [1.165, 1.54) is 24.3 Å². The zero-order chi connectivity index (χ0) is 14.5. The molecule has 0 aliphatic carbocycles. The second kappa shape index (κ2) is 6.16. The van der Waals surface area contributed by atoms with Gasteiger partial charge in [-0.2, -0.15) is 0 Å². The number of anilines is 1. The second-order valence-corrected chi connectivity index (χ2v) is 4.77. The van der Waals surface area contributed by atoms with Crippen molar-refractivity contribution in [2.24, 2.45) is 0 Å². The van der Waals surface area contributed by atoms with Crippen molar-refractivity contribution in [3.63, 3.8) is 0 Å². The molecule has 104 valence electrons. The Hall–Kier alpha value is -2.41. The Morgan fingerprint density at radius 2 is 2.15 bits per heavy atom. The Bertz CT molecular complexity index is 639. The minimum atomic E-state index is -1.04. The maximum atomic E-state index is 11.0. The Kier molecular flexibility index (Phi) is 4.31. The Morgan fingerprint density at radius 3 is 2.85 bits per heavy atom. The Labute approximate surface area is 119 Å². The van der Waals surface area contributed by atoms with Gasteiger partial charge in [0.25, 0.3) is 0 Å². The number of aromatic carboxylic acids is 1. The predicted octanol–water partition coefficient (Wildman–Crippen LogP) is 2.38. The van der Waals surface area contributed by atoms with E-state index in [0.29, 0.717) is 10.8 Å². The molecule has 20 heavy (non-hydrogen) atoms. The smallest absolute Gasteiger partial charge is 0.339 e. The molecule has 1 aromatic heterocycles. The van der Waals surface area contributed by atoms with E-state index in [-0.39, 0.29) is 23.8 Å². The quantitative estimate of drug-likeness (QED) is 0.883. The standard InChI is InChI=1S/C13H12N2O4S/c1-8(16)14-13-15-9(7-20-13)6-19-11-5-3-2-4-10(11)12(17)18/h2-5,7H,6H2,1H3,(H,17,18)(H,14,15,16). The van der Waals surface area contributed by atoms with Gasteiger partial charge < -0.3 is 15.2 Å². The van der Waals surface area contributed by atoms with Crippen LogP contribution in [0.2, 0.25) is 0 Å². The summed E-state index contributed by atoms with van der Waals surface area (Å²) < 4.78 is 5.45. The molecule has 0 saturated carbocycles. The average molecular weight is 292 g/mol. The third kappa shape index (κ3) is 3.55. The molecule has 0 fully saturated rings. The summed E-state index contributed by atoms with van der Waals surface area (Å²) in [5, 5.41) is 13.8. The Balaban J connectivity index is 2.04. The van der Waals surface area contributed by atoms with Crippen molar-refractivity contribution < 1.29 is 19.4 Å². The number of rotatable bonds is 5. The van der Waals surface area contributed by atoms with Crippen LogP contribution in [0.15, 0.2) is 29.6 Å². The second-order valence-electron chi connectivity index (χ2n) is 3.92. The van der Waals surface area contributed by atoms with Crippen molar-refractivity contribution in [1.29, 1.82) is 0 Å². The molecular formula is C13H12N2O4S. The van der Waals surface area contributed by atoms with E-state index in [1.807, 2.05) is 0 Å². The van der Waals surface area contributed by atoms with Crippen LogP contribution in [0.1, 0.15) is 23.0 Å². The first kappa shape index (κ1) is 14.0. The molecule has 0 unspecified atom stereocenters. The van der Waals surface area contributed by atoms with E-state index < -0.39 is 5.97 Å². The fourth-order valence-electron chi connectivity index (χ4n) is 1.50. The molecule has 0 bridgehead atoms. The van der Waals surface area contributed by atoms with E-state index in [0.717, 1.165) is 0 Å². The number of nitrogens with zero attached hydrogens (tertiary/aromatic N) is 1. The van der Waals surface area contributed by atoms with Crippen LogP contribution in [-0.4, -0.2) is 22.0 Å². The third-order valence-electron chi connectivity index (χ3n) is 2.33. The third-order valence-corrected chi connectivity index (χ3v) is 3.13. The number of amides is 1. The summed E-state index contributed by atoms with van der Waals surface area (Å²) in [6.07, 6.45) is 0. The normalized spacial score (nSPS) is 10.1. The van der Waals surface area contributed by atoms with E-state index in [9.17, 15) is 9.59 Å². The zero-order valence-electron chi connectivity index (χ0n) is 10.6. The van der Waals surface area contributed by atoms with Crippen LogP contribution in [0.4, 0.5) is 5.13 Å². The van der Waals surface area contributed by atoms with Crippen molar-refractivity contribution in [1.82, 2.24) is 4.98 Å². The molecule has 0 atom stereocenters. The molecule has 6 nitrogen and oxygen atoms in total. The first-order valence-corrected chi connectivity index (χ1v) is 6.61. The number of thiazole rings is 1. The summed E-state index contributed by atoms with van der Waals surface area (Å²) in [4.78, 5) is 26.1. The number of hydrogen-bond acceptors (Lipinski definition) is 5. The van der Waals surface area contributed by atoms with Gasteiger partial charge in [-0.25, -0.2) is 9.78 Å². The van der Waals surface area contributed by atoms with Gasteiger partial charge in [0, 0.05) is 12.3 Å². The molecule has 1 heterocycles. The largest absolute Gasteiger partial charge is 0.486 e. The maximum absolute atomic E-state index is 11.0. The molecule has 0 saturated heterocycles. The van der Waals surface area contributed by atoms with E-state index in [1.54, 1.807) is 23.6 Å². The van der Waals surface area contributed by atoms with E-state index in [4.69, 9.17) is 9.84 Å². The van der Waals surface area contributed by atoms with Crippen LogP contribution in [0.25, 0.3) is 0 Å². The van der Waals surface area contributed by atoms with Gasteiger partial charge >= 0.3 is 5.97 Å². The van der Waals surface area contributed by atoms with Crippen molar-refractivity contribution in [2.75, 3.05) is 5.32 Å². The lowest BCUT2D eigenvalue weighted by Gasteiger charge is -2.07. The van der Waals surface area contributed by atoms with Crippen LogP contribution >= 0.6 is 11.3 Å². The van der Waals surface area contributed by atoms with Gasteiger partial charge in [-0.1, -0.05) is 12.1 Å². The number of ether oxygens (including phenoxy) is 1. The average Bonchev–Trinajstić information content (AvgIpc) is 2.83. The zero-order valence-corrected chi connectivity index (χ0v) is 11.4. The molecule has 0 aliphatic heterocycles. The fourth-order valence-corrected chi connectivity index (χ4v) is 2.24. The highest BCUT2D eigenvalue weighted by molar-refractivity contribution is 7.13. The van der Waals surface area contributed by atoms with E-state index >= 15 is 0 Å². The summed E-state index contributed by atoms with van der Waals surface area (Å²) in [5.41, 5.74) is 0.726. The first-order valence-electron chi connectivity index (χ1n) is 5.73. The van der Waals surface area contributed by atoms with Crippen molar-refractivity contribution in [2.45, 2.75) is 13.5 Å². The van der Waals surface area contributed by atoms with Crippen molar-refractivity contribution in [3.8, 4) is 5.75 Å². The summed E-state index contributed by atoms with van der Waals surface area (Å²) in [5.74, 6) is -0.949. The number of carboxylic acid groups (broad SMARTS) is 1. The summed E-state index contributed by atoms with van der Waals surface area (Å²) in [7, 11) is 0. The van der Waals surface area contributed by atoms with Crippen molar-refractivity contribution in [3.05, 3.63) is 40.9 Å². The molecule has 7 heteroatoms. The molecule has 0 spiro atoms. The molecule has 0 radical (unpaired) electrons. The highest BCUT2D eigenvalue weighted by Gasteiger charge is 2.11. The summed E-state index contributed by atoms with van der Waals surface area (Å²) >= 11 is 1.28. The van der Waals surface area contributed by atoms with Gasteiger partial charge in [-0.15, -0.1) is 11.3 Å². The number of nitrogens with one attached hydrogen (secondary N) is 1. The van der Waals surface area contributed by atoms with Crippen LogP contribution in [0, 0.1) is 0 Å². The molecule has 0 aliphatic rings. The number of para-hydroxylation sites is 1. The van der Waals surface area contributed by atoms with Gasteiger partial charge in [0.1, 0.15) is 17.9 Å². The SMILES string of the molecule is CC(=O)Nc1nc(COc2ccccc2C(=O)O)cs1. The number of carbonyl (C=O) groups excluding carboxylic acids is 1. The van der Waals surface area contributed by atoms with Crippen LogP contribution in [0.5, 0.6) is 5.75 Å². The number of aromatic nitrogens is 1. The van der Waals surface area contributed by atoms with E-state index in [2.05, 4.69) is 10.3 Å². The van der Waals surface area contributed by atoms with Gasteiger partial charge in [0.05, 0.1) is 5.69 Å².